The normalized spacial score (nSPS) is 15.1. The lowest BCUT2D eigenvalue weighted by atomic mass is 10.1. The molecule has 1 nitrogen and oxygen atoms in total. The van der Waals surface area contributed by atoms with E-state index >= 15 is 0 Å². The fourth-order valence-electron chi connectivity index (χ4n) is 4.52. The molecule has 0 spiro atoms. The van der Waals surface area contributed by atoms with Crippen LogP contribution in [0.2, 0.25) is 11.1 Å². The van der Waals surface area contributed by atoms with Crippen molar-refractivity contribution in [3.63, 3.8) is 0 Å². The van der Waals surface area contributed by atoms with Crippen molar-refractivity contribution in [2.45, 2.75) is 38.8 Å². The van der Waals surface area contributed by atoms with Crippen LogP contribution in [0.5, 0.6) is 0 Å². The molecular weight excluding hydrogens is 282 g/mol. The summed E-state index contributed by atoms with van der Waals surface area (Å²) < 4.78 is 0. The third-order valence-corrected chi connectivity index (χ3v) is 11.7. The second-order valence-electron chi connectivity index (χ2n) is 7.35. The Morgan fingerprint density at radius 1 is 0.773 bits per heavy atom. The van der Waals surface area contributed by atoms with Gasteiger partial charge in [0.1, 0.15) is 8.07 Å². The molecule has 0 atom stereocenters. The van der Waals surface area contributed by atoms with Crippen LogP contribution in [0.1, 0.15) is 27.7 Å². The zero-order valence-corrected chi connectivity index (χ0v) is 15.6. The van der Waals surface area contributed by atoms with Gasteiger partial charge in [-0.25, -0.2) is 0 Å². The van der Waals surface area contributed by atoms with Crippen molar-refractivity contribution < 1.29 is 0 Å². The molecule has 2 aromatic rings. The largest absolute Gasteiger partial charge is 0.378 e. The minimum absolute atomic E-state index is 0.701. The van der Waals surface area contributed by atoms with E-state index in [-0.39, 0.29) is 0 Å². The van der Waals surface area contributed by atoms with Crippen molar-refractivity contribution in [1.82, 2.24) is 0 Å². The van der Waals surface area contributed by atoms with E-state index in [2.05, 4.69) is 89.2 Å². The third-order valence-electron chi connectivity index (χ3n) is 5.45. The predicted octanol–water partition coefficient (Wildman–Crippen LogP) is 4.12. The summed E-state index contributed by atoms with van der Waals surface area (Å²) in [5.41, 5.74) is 5.69. The molecule has 1 heterocycles. The molecule has 0 aromatic heterocycles. The minimum Gasteiger partial charge on any atom is -0.378 e. The first kappa shape index (κ1) is 15.4. The van der Waals surface area contributed by atoms with E-state index in [1.165, 1.54) is 16.8 Å². The van der Waals surface area contributed by atoms with Crippen molar-refractivity contribution in [3.8, 4) is 11.1 Å². The summed E-state index contributed by atoms with van der Waals surface area (Å²) in [5.74, 6) is 0. The topological polar surface area (TPSA) is 3.24 Å². The summed E-state index contributed by atoms with van der Waals surface area (Å²) in [5, 5.41) is 3.29. The summed E-state index contributed by atoms with van der Waals surface area (Å²) in [4.78, 5) is 2.23. The summed E-state index contributed by atoms with van der Waals surface area (Å²) in [6.45, 7) is 9.72. The van der Waals surface area contributed by atoms with Gasteiger partial charge in [-0.15, -0.1) is 0 Å². The Bertz CT molecular complexity index is 693. The average molecular weight is 310 g/mol. The zero-order valence-electron chi connectivity index (χ0n) is 14.6. The molecule has 1 aliphatic heterocycles. The summed E-state index contributed by atoms with van der Waals surface area (Å²) in [7, 11) is 2.54. The molecule has 2 heteroatoms. The number of hydrogen-bond acceptors (Lipinski definition) is 1. The van der Waals surface area contributed by atoms with Gasteiger partial charge < -0.3 is 4.90 Å². The highest BCUT2D eigenvalue weighted by Gasteiger charge is 2.49. The van der Waals surface area contributed by atoms with E-state index in [1.807, 2.05) is 0 Å². The quantitative estimate of drug-likeness (QED) is 0.771. The fourth-order valence-corrected chi connectivity index (χ4v) is 10.7. The van der Waals surface area contributed by atoms with Gasteiger partial charge in [-0.05, 0) is 44.7 Å². The molecule has 0 amide bonds. The molecule has 1 aliphatic rings. The van der Waals surface area contributed by atoms with Gasteiger partial charge in [-0.2, -0.15) is 0 Å². The van der Waals surface area contributed by atoms with Gasteiger partial charge in [-0.3, -0.25) is 0 Å². The Labute approximate surface area is 136 Å². The Hall–Kier alpha value is -1.54. The predicted molar refractivity (Wildman–Crippen MR) is 101 cm³/mol. The maximum Gasteiger partial charge on any atom is 0.124 e. The summed E-state index contributed by atoms with van der Waals surface area (Å²) in [6, 6.07) is 16.2. The van der Waals surface area contributed by atoms with Gasteiger partial charge in [0.15, 0.2) is 0 Å². The van der Waals surface area contributed by atoms with Crippen LogP contribution in [0.25, 0.3) is 11.1 Å². The van der Waals surface area contributed by atoms with Crippen LogP contribution in [0, 0.1) is 0 Å². The van der Waals surface area contributed by atoms with Gasteiger partial charge in [0, 0.05) is 19.8 Å². The van der Waals surface area contributed by atoms with E-state index in [0.29, 0.717) is 11.1 Å². The first-order chi connectivity index (χ1) is 10.4. The van der Waals surface area contributed by atoms with E-state index in [4.69, 9.17) is 0 Å². The van der Waals surface area contributed by atoms with Gasteiger partial charge in [0.2, 0.25) is 0 Å². The molecule has 0 saturated carbocycles. The number of benzene rings is 2. The zero-order chi connectivity index (χ0) is 16.1. The minimum atomic E-state index is -1.73. The summed E-state index contributed by atoms with van der Waals surface area (Å²) in [6.07, 6.45) is 0. The second kappa shape index (κ2) is 5.27. The molecule has 3 rings (SSSR count). The monoisotopic (exact) mass is 309 g/mol. The molecule has 0 unspecified atom stereocenters. The average Bonchev–Trinajstić information content (AvgIpc) is 2.77. The highest BCUT2D eigenvalue weighted by Crippen LogP contribution is 2.41. The number of hydrogen-bond donors (Lipinski definition) is 0. The molecule has 0 bridgehead atoms. The first-order valence-electron chi connectivity index (χ1n) is 8.32. The van der Waals surface area contributed by atoms with Crippen LogP contribution in [0.15, 0.2) is 42.5 Å². The molecule has 0 N–H and O–H groups in total. The number of rotatable bonds is 3. The lowest BCUT2D eigenvalue weighted by molar-refractivity contribution is 0.930. The van der Waals surface area contributed by atoms with E-state index < -0.39 is 8.07 Å². The smallest absolute Gasteiger partial charge is 0.124 e. The maximum absolute atomic E-state index is 2.47. The highest BCUT2D eigenvalue weighted by atomic mass is 28.3. The van der Waals surface area contributed by atoms with Crippen LogP contribution >= 0.6 is 0 Å². The number of fused-ring (bicyclic) bond motifs is 3. The maximum atomic E-state index is 2.47. The standard InChI is InChI=1S/C20H27NSi/c1-14(2)22(15(3)4)19-10-8-7-9-17(19)18-12-11-16(21(5)6)13-20(18)22/h7-15H,1-6H3. The van der Waals surface area contributed by atoms with E-state index in [9.17, 15) is 0 Å². The van der Waals surface area contributed by atoms with Crippen molar-refractivity contribution in [2.24, 2.45) is 0 Å². The first-order valence-corrected chi connectivity index (χ1v) is 10.5. The molecule has 0 aliphatic carbocycles. The van der Waals surface area contributed by atoms with Crippen molar-refractivity contribution in [3.05, 3.63) is 42.5 Å². The molecule has 116 valence electrons. The van der Waals surface area contributed by atoms with Gasteiger partial charge in [0.25, 0.3) is 0 Å². The van der Waals surface area contributed by atoms with Crippen LogP contribution in [-0.4, -0.2) is 22.2 Å². The third kappa shape index (κ3) is 1.90. The Balaban J connectivity index is 2.38. The van der Waals surface area contributed by atoms with Crippen LogP contribution in [-0.2, 0) is 0 Å². The van der Waals surface area contributed by atoms with Crippen molar-refractivity contribution >= 4 is 24.1 Å². The Kier molecular flexibility index (Phi) is 3.68. The number of nitrogens with zero attached hydrogens (tertiary/aromatic N) is 1. The lowest BCUT2D eigenvalue weighted by Crippen LogP contribution is -2.60. The summed E-state index contributed by atoms with van der Waals surface area (Å²) >= 11 is 0. The van der Waals surface area contributed by atoms with Crippen molar-refractivity contribution in [1.29, 1.82) is 0 Å². The Morgan fingerprint density at radius 3 is 1.95 bits per heavy atom. The molecule has 0 radical (unpaired) electrons. The second-order valence-corrected chi connectivity index (χ2v) is 12.5. The van der Waals surface area contributed by atoms with Crippen LogP contribution in [0.4, 0.5) is 5.69 Å². The molecule has 2 aromatic carbocycles. The van der Waals surface area contributed by atoms with Gasteiger partial charge in [0.05, 0.1) is 0 Å². The fraction of sp³-hybridized carbons (Fsp3) is 0.400. The SMILES string of the molecule is CC(C)[Si]1(C(C)C)c2ccccc2-c2ccc(N(C)C)cc21. The molecule has 0 fully saturated rings. The van der Waals surface area contributed by atoms with Crippen LogP contribution in [0.3, 0.4) is 0 Å². The van der Waals surface area contributed by atoms with E-state index in [0.717, 1.165) is 0 Å². The van der Waals surface area contributed by atoms with Gasteiger partial charge >= 0.3 is 0 Å². The van der Waals surface area contributed by atoms with Gasteiger partial charge in [-0.1, -0.05) is 58.0 Å². The molecule has 22 heavy (non-hydrogen) atoms. The lowest BCUT2D eigenvalue weighted by Gasteiger charge is -2.38. The van der Waals surface area contributed by atoms with E-state index in [1.54, 1.807) is 10.4 Å². The van der Waals surface area contributed by atoms with Crippen LogP contribution < -0.4 is 15.3 Å². The highest BCUT2D eigenvalue weighted by molar-refractivity contribution is 7.07. The Morgan fingerprint density at radius 2 is 1.36 bits per heavy atom. The number of anilines is 1. The van der Waals surface area contributed by atoms with Crippen molar-refractivity contribution in [2.75, 3.05) is 19.0 Å². The molecule has 0 saturated heterocycles. The molecular formula is C20H27NSi.